The molecule has 26 heavy (non-hydrogen) atoms. The number of hydrogen-bond donors (Lipinski definition) is 2. The Morgan fingerprint density at radius 3 is 2.96 bits per heavy atom. The Morgan fingerprint density at radius 1 is 1.31 bits per heavy atom. The zero-order chi connectivity index (χ0) is 18.1. The summed E-state index contributed by atoms with van der Waals surface area (Å²) in [5.41, 5.74) is 1.27. The van der Waals surface area contributed by atoms with Crippen molar-refractivity contribution in [1.82, 2.24) is 15.5 Å². The molecule has 1 saturated heterocycles. The lowest BCUT2D eigenvalue weighted by Gasteiger charge is -2.11. The molecule has 1 aromatic heterocycles. The molecule has 2 aromatic carbocycles. The molecule has 0 bridgehead atoms. The number of H-pyrrole nitrogens is 1. The second-order valence-corrected chi connectivity index (χ2v) is 6.31. The van der Waals surface area contributed by atoms with Gasteiger partial charge in [0.15, 0.2) is 0 Å². The van der Waals surface area contributed by atoms with E-state index in [4.69, 9.17) is 4.74 Å². The average Bonchev–Trinajstić information content (AvgIpc) is 3.29. The van der Waals surface area contributed by atoms with Crippen LogP contribution in [-0.4, -0.2) is 35.4 Å². The Labute approximate surface area is 148 Å². The molecule has 1 amide bonds. The molecule has 0 aliphatic carbocycles. The van der Waals surface area contributed by atoms with Crippen molar-refractivity contribution >= 4 is 16.8 Å². The van der Waals surface area contributed by atoms with Crippen LogP contribution in [0.1, 0.15) is 23.2 Å². The Kier molecular flexibility index (Phi) is 4.38. The number of nitrogens with zero attached hydrogens (tertiary/aromatic N) is 1. The maximum Gasteiger partial charge on any atom is 0.251 e. The molecule has 7 heteroatoms. The maximum atomic E-state index is 14.4. The van der Waals surface area contributed by atoms with Gasteiger partial charge in [-0.1, -0.05) is 12.1 Å². The third-order valence-electron chi connectivity index (χ3n) is 4.50. The first-order chi connectivity index (χ1) is 12.6. The maximum absolute atomic E-state index is 14.4. The van der Waals surface area contributed by atoms with Gasteiger partial charge < -0.3 is 10.1 Å². The number of hydrogen-bond acceptors (Lipinski definition) is 3. The predicted molar refractivity (Wildman–Crippen MR) is 92.8 cm³/mol. The lowest BCUT2D eigenvalue weighted by Crippen LogP contribution is -2.31. The van der Waals surface area contributed by atoms with Crippen LogP contribution >= 0.6 is 0 Å². The number of aromatic amines is 1. The number of carbonyl (C=O) groups is 1. The van der Waals surface area contributed by atoms with E-state index in [-0.39, 0.29) is 23.1 Å². The zero-order valence-electron chi connectivity index (χ0n) is 13.9. The summed E-state index contributed by atoms with van der Waals surface area (Å²) >= 11 is 0. The van der Waals surface area contributed by atoms with Crippen LogP contribution < -0.4 is 5.32 Å². The summed E-state index contributed by atoms with van der Waals surface area (Å²) in [6.07, 6.45) is 1.89. The number of carbonyl (C=O) groups excluding carboxylic acids is 1. The van der Waals surface area contributed by atoms with Crippen LogP contribution in [0.3, 0.4) is 0 Å². The number of aromatic nitrogens is 2. The minimum atomic E-state index is -0.583. The van der Waals surface area contributed by atoms with Crippen LogP contribution in [0.15, 0.2) is 36.4 Å². The molecule has 3 aromatic rings. The number of fused-ring (bicyclic) bond motifs is 1. The normalized spacial score (nSPS) is 16.9. The summed E-state index contributed by atoms with van der Waals surface area (Å²) in [4.78, 5) is 12.4. The molecule has 5 nitrogen and oxygen atoms in total. The fourth-order valence-electron chi connectivity index (χ4n) is 3.18. The van der Waals surface area contributed by atoms with Crippen LogP contribution in [0, 0.1) is 11.6 Å². The fourth-order valence-corrected chi connectivity index (χ4v) is 3.18. The van der Waals surface area contributed by atoms with Gasteiger partial charge in [-0.25, -0.2) is 8.78 Å². The molecule has 1 aliphatic heterocycles. The molecule has 1 fully saturated rings. The van der Waals surface area contributed by atoms with Gasteiger partial charge in [0, 0.05) is 29.7 Å². The summed E-state index contributed by atoms with van der Waals surface area (Å²) in [5, 5.41) is 9.91. The standard InChI is InChI=1S/C19H17F2N3O2/c20-13-4-1-3-11(7-13)17-15-8-12(9-16(21)18(15)24-23-17)19(25)22-10-14-5-2-6-26-14/h1,3-4,7-9,14H,2,5-6,10H2,(H,22,25)(H,23,24)/t14-/m0/s1. The Hall–Kier alpha value is -2.80. The topological polar surface area (TPSA) is 67.0 Å². The smallest absolute Gasteiger partial charge is 0.251 e. The van der Waals surface area contributed by atoms with Gasteiger partial charge in [0.05, 0.1) is 6.10 Å². The van der Waals surface area contributed by atoms with Crippen molar-refractivity contribution in [3.05, 3.63) is 53.6 Å². The highest BCUT2D eigenvalue weighted by Gasteiger charge is 2.19. The fraction of sp³-hybridized carbons (Fsp3) is 0.263. The number of nitrogens with one attached hydrogen (secondary N) is 2. The van der Waals surface area contributed by atoms with Gasteiger partial charge in [-0.15, -0.1) is 0 Å². The molecule has 0 unspecified atom stereocenters. The lowest BCUT2D eigenvalue weighted by molar-refractivity contribution is 0.0857. The molecule has 0 saturated carbocycles. The second kappa shape index (κ2) is 6.84. The van der Waals surface area contributed by atoms with E-state index in [0.717, 1.165) is 12.8 Å². The SMILES string of the molecule is O=C(NC[C@@H]1CCCO1)c1cc(F)c2[nH]nc(-c3cccc(F)c3)c2c1. The molecule has 2 N–H and O–H groups in total. The van der Waals surface area contributed by atoms with Crippen LogP contribution in [0.25, 0.3) is 22.2 Å². The summed E-state index contributed by atoms with van der Waals surface area (Å²) in [6, 6.07) is 8.61. The minimum absolute atomic E-state index is 0.00399. The highest BCUT2D eigenvalue weighted by Crippen LogP contribution is 2.29. The lowest BCUT2D eigenvalue weighted by atomic mass is 10.0. The summed E-state index contributed by atoms with van der Waals surface area (Å²) < 4.78 is 33.4. The second-order valence-electron chi connectivity index (χ2n) is 6.31. The molecular formula is C19H17F2N3O2. The largest absolute Gasteiger partial charge is 0.376 e. The van der Waals surface area contributed by atoms with Gasteiger partial charge in [0.25, 0.3) is 5.91 Å². The number of benzene rings is 2. The first kappa shape index (κ1) is 16.7. The van der Waals surface area contributed by atoms with E-state index in [9.17, 15) is 13.6 Å². The molecule has 0 spiro atoms. The van der Waals surface area contributed by atoms with Crippen LogP contribution in [0.2, 0.25) is 0 Å². The van der Waals surface area contributed by atoms with E-state index in [2.05, 4.69) is 15.5 Å². The van der Waals surface area contributed by atoms with Gasteiger partial charge in [0.2, 0.25) is 0 Å². The van der Waals surface area contributed by atoms with Gasteiger partial charge in [-0.2, -0.15) is 5.10 Å². The van der Waals surface area contributed by atoms with E-state index in [1.54, 1.807) is 18.2 Å². The van der Waals surface area contributed by atoms with Crippen molar-refractivity contribution in [1.29, 1.82) is 0 Å². The summed E-state index contributed by atoms with van der Waals surface area (Å²) in [5.74, 6) is -1.38. The van der Waals surface area contributed by atoms with E-state index >= 15 is 0 Å². The Bertz CT molecular complexity index is 965. The van der Waals surface area contributed by atoms with Crippen LogP contribution in [-0.2, 0) is 4.74 Å². The van der Waals surface area contributed by atoms with Crippen molar-refractivity contribution in [3.8, 4) is 11.3 Å². The molecule has 2 heterocycles. The Morgan fingerprint density at radius 2 is 2.19 bits per heavy atom. The third-order valence-corrected chi connectivity index (χ3v) is 4.50. The van der Waals surface area contributed by atoms with E-state index < -0.39 is 11.6 Å². The number of amides is 1. The van der Waals surface area contributed by atoms with E-state index in [1.807, 2.05) is 0 Å². The first-order valence-electron chi connectivity index (χ1n) is 8.45. The zero-order valence-corrected chi connectivity index (χ0v) is 13.9. The van der Waals surface area contributed by atoms with Gasteiger partial charge in [-0.3, -0.25) is 9.89 Å². The molecule has 1 atom stereocenters. The monoisotopic (exact) mass is 357 g/mol. The summed E-state index contributed by atoms with van der Waals surface area (Å²) in [7, 11) is 0. The van der Waals surface area contributed by atoms with Gasteiger partial charge in [0.1, 0.15) is 22.8 Å². The van der Waals surface area contributed by atoms with Crippen LogP contribution in [0.4, 0.5) is 8.78 Å². The number of rotatable bonds is 4. The minimum Gasteiger partial charge on any atom is -0.376 e. The van der Waals surface area contributed by atoms with Crippen molar-refractivity contribution in [2.24, 2.45) is 0 Å². The van der Waals surface area contributed by atoms with Crippen molar-refractivity contribution in [2.75, 3.05) is 13.2 Å². The quantitative estimate of drug-likeness (QED) is 0.752. The molecule has 0 radical (unpaired) electrons. The predicted octanol–water partition coefficient (Wildman–Crippen LogP) is 3.42. The number of ether oxygens (including phenoxy) is 1. The highest BCUT2D eigenvalue weighted by atomic mass is 19.1. The third kappa shape index (κ3) is 3.17. The molecule has 134 valence electrons. The van der Waals surface area contributed by atoms with E-state index in [0.29, 0.717) is 29.8 Å². The average molecular weight is 357 g/mol. The molecule has 1 aliphatic rings. The molecular weight excluding hydrogens is 340 g/mol. The van der Waals surface area contributed by atoms with Crippen molar-refractivity contribution < 1.29 is 18.3 Å². The Balaban J connectivity index is 1.66. The van der Waals surface area contributed by atoms with Crippen LogP contribution in [0.5, 0.6) is 0 Å². The molecule has 4 rings (SSSR count). The number of halogens is 2. The van der Waals surface area contributed by atoms with Crippen molar-refractivity contribution in [2.45, 2.75) is 18.9 Å². The first-order valence-corrected chi connectivity index (χ1v) is 8.45. The van der Waals surface area contributed by atoms with Crippen molar-refractivity contribution in [3.63, 3.8) is 0 Å². The summed E-state index contributed by atoms with van der Waals surface area (Å²) in [6.45, 7) is 1.09. The van der Waals surface area contributed by atoms with Gasteiger partial charge >= 0.3 is 0 Å². The highest BCUT2D eigenvalue weighted by molar-refractivity contribution is 6.01. The van der Waals surface area contributed by atoms with Gasteiger partial charge in [-0.05, 0) is 37.1 Å². The van der Waals surface area contributed by atoms with E-state index in [1.165, 1.54) is 18.2 Å².